The van der Waals surface area contributed by atoms with Gasteiger partial charge in [-0.2, -0.15) is 0 Å². The van der Waals surface area contributed by atoms with Gasteiger partial charge in [-0.05, 0) is 62.2 Å². The number of anilines is 1. The van der Waals surface area contributed by atoms with Gasteiger partial charge in [0.2, 0.25) is 5.91 Å². The van der Waals surface area contributed by atoms with Gasteiger partial charge in [-0.3, -0.25) is 9.10 Å². The molecule has 0 radical (unpaired) electrons. The maximum Gasteiger partial charge on any atom is 0.264 e. The second kappa shape index (κ2) is 12.5. The normalized spacial score (nSPS) is 11.9. The van der Waals surface area contributed by atoms with Crippen LogP contribution >= 0.6 is 0 Å². The molecule has 0 saturated heterocycles. The Morgan fingerprint density at radius 2 is 1.57 bits per heavy atom. The molecule has 0 aliphatic heterocycles. The van der Waals surface area contributed by atoms with Crippen molar-refractivity contribution in [3.8, 4) is 17.2 Å². The van der Waals surface area contributed by atoms with Gasteiger partial charge in [0.1, 0.15) is 12.3 Å². The molecule has 1 atom stereocenters. The Hall–Kier alpha value is -3.72. The van der Waals surface area contributed by atoms with E-state index in [1.165, 1.54) is 32.4 Å². The minimum atomic E-state index is -4.15. The van der Waals surface area contributed by atoms with Crippen LogP contribution in [-0.4, -0.2) is 41.7 Å². The lowest BCUT2D eigenvalue weighted by Gasteiger charge is -2.26. The SMILES string of the molecule is CCOc1ccc(N(CC(=O)N[C@H](CC)c2ccc(C)cc2)S(=O)(=O)c2ccc(OC)c(OC)c2)cc1. The van der Waals surface area contributed by atoms with E-state index in [9.17, 15) is 13.2 Å². The summed E-state index contributed by atoms with van der Waals surface area (Å²) >= 11 is 0. The molecule has 9 heteroatoms. The third-order valence-electron chi connectivity index (χ3n) is 5.89. The molecule has 1 N–H and O–H groups in total. The van der Waals surface area contributed by atoms with E-state index in [4.69, 9.17) is 14.2 Å². The molecule has 0 aliphatic carbocycles. The molecule has 0 heterocycles. The summed E-state index contributed by atoms with van der Waals surface area (Å²) in [6.45, 7) is 5.90. The van der Waals surface area contributed by atoms with Crippen LogP contribution in [-0.2, 0) is 14.8 Å². The van der Waals surface area contributed by atoms with Crippen LogP contribution in [0, 0.1) is 6.92 Å². The van der Waals surface area contributed by atoms with E-state index in [0.717, 1.165) is 15.4 Å². The van der Waals surface area contributed by atoms with Gasteiger partial charge in [0.25, 0.3) is 10.0 Å². The highest BCUT2D eigenvalue weighted by Gasteiger charge is 2.29. The van der Waals surface area contributed by atoms with Crippen molar-refractivity contribution in [1.82, 2.24) is 5.32 Å². The molecular weight excluding hydrogens is 492 g/mol. The zero-order valence-electron chi connectivity index (χ0n) is 21.9. The van der Waals surface area contributed by atoms with Crippen molar-refractivity contribution >= 4 is 21.6 Å². The van der Waals surface area contributed by atoms with Crippen LogP contribution in [0.15, 0.2) is 71.6 Å². The number of rotatable bonds is 12. The maximum absolute atomic E-state index is 13.8. The van der Waals surface area contributed by atoms with Crippen LogP contribution in [0.2, 0.25) is 0 Å². The van der Waals surface area contributed by atoms with Crippen molar-refractivity contribution in [2.24, 2.45) is 0 Å². The molecule has 3 aromatic rings. The number of hydrogen-bond acceptors (Lipinski definition) is 6. The molecule has 0 bridgehead atoms. The second-order valence-corrected chi connectivity index (χ2v) is 10.3. The molecule has 3 rings (SSSR count). The molecule has 0 spiro atoms. The minimum absolute atomic E-state index is 0.0302. The van der Waals surface area contributed by atoms with Crippen LogP contribution in [0.1, 0.15) is 37.4 Å². The number of sulfonamides is 1. The van der Waals surface area contributed by atoms with E-state index in [-0.39, 0.29) is 16.7 Å². The van der Waals surface area contributed by atoms with Crippen LogP contribution in [0.5, 0.6) is 17.2 Å². The van der Waals surface area contributed by atoms with Gasteiger partial charge in [-0.15, -0.1) is 0 Å². The van der Waals surface area contributed by atoms with E-state index in [0.29, 0.717) is 30.2 Å². The van der Waals surface area contributed by atoms with Gasteiger partial charge < -0.3 is 19.5 Å². The Bertz CT molecular complexity index is 1290. The Morgan fingerprint density at radius 1 is 0.919 bits per heavy atom. The first-order valence-corrected chi connectivity index (χ1v) is 13.5. The molecule has 1 amide bonds. The largest absolute Gasteiger partial charge is 0.494 e. The van der Waals surface area contributed by atoms with Gasteiger partial charge in [-0.25, -0.2) is 8.42 Å². The van der Waals surface area contributed by atoms with E-state index < -0.39 is 22.5 Å². The van der Waals surface area contributed by atoms with Crippen molar-refractivity contribution in [3.05, 3.63) is 77.9 Å². The smallest absolute Gasteiger partial charge is 0.264 e. The predicted octanol–water partition coefficient (Wildman–Crippen LogP) is 4.87. The summed E-state index contributed by atoms with van der Waals surface area (Å²) in [7, 11) is -1.24. The number of nitrogens with one attached hydrogen (secondary N) is 1. The highest BCUT2D eigenvalue weighted by Crippen LogP contribution is 2.32. The summed E-state index contributed by atoms with van der Waals surface area (Å²) in [5.41, 5.74) is 2.40. The highest BCUT2D eigenvalue weighted by molar-refractivity contribution is 7.92. The number of hydrogen-bond donors (Lipinski definition) is 1. The Kier molecular flexibility index (Phi) is 9.41. The first-order valence-electron chi connectivity index (χ1n) is 12.1. The summed E-state index contributed by atoms with van der Waals surface area (Å²) in [6.07, 6.45) is 0.653. The van der Waals surface area contributed by atoms with E-state index in [1.807, 2.05) is 45.0 Å². The average Bonchev–Trinajstić information content (AvgIpc) is 2.91. The van der Waals surface area contributed by atoms with E-state index in [1.54, 1.807) is 24.3 Å². The first kappa shape index (κ1) is 27.9. The Morgan fingerprint density at radius 3 is 2.14 bits per heavy atom. The molecule has 8 nitrogen and oxygen atoms in total. The van der Waals surface area contributed by atoms with E-state index >= 15 is 0 Å². The van der Waals surface area contributed by atoms with Crippen molar-refractivity contribution < 1.29 is 27.4 Å². The van der Waals surface area contributed by atoms with Gasteiger partial charge in [0, 0.05) is 6.07 Å². The van der Waals surface area contributed by atoms with E-state index in [2.05, 4.69) is 5.32 Å². The minimum Gasteiger partial charge on any atom is -0.494 e. The number of nitrogens with zero attached hydrogens (tertiary/aromatic N) is 1. The Labute approximate surface area is 219 Å². The molecule has 0 fully saturated rings. The fourth-order valence-electron chi connectivity index (χ4n) is 3.88. The van der Waals surface area contributed by atoms with Gasteiger partial charge >= 0.3 is 0 Å². The van der Waals surface area contributed by atoms with Crippen LogP contribution in [0.3, 0.4) is 0 Å². The number of carbonyl (C=O) groups is 1. The summed E-state index contributed by atoms with van der Waals surface area (Å²) in [5.74, 6) is 0.843. The molecule has 0 unspecified atom stereocenters. The number of benzene rings is 3. The fraction of sp³-hybridized carbons (Fsp3) is 0.321. The standard InChI is InChI=1S/C28H34N2O6S/c1-6-25(21-10-8-20(3)9-11-21)29-28(31)19-30(22-12-14-23(15-13-22)36-7-2)37(32,33)24-16-17-26(34-4)27(18-24)35-5/h8-18,25H,6-7,19H2,1-5H3,(H,29,31)/t25-/m1/s1. The van der Waals surface area contributed by atoms with Crippen LogP contribution in [0.25, 0.3) is 0 Å². The lowest BCUT2D eigenvalue weighted by Crippen LogP contribution is -2.42. The highest BCUT2D eigenvalue weighted by atomic mass is 32.2. The van der Waals surface area contributed by atoms with Crippen LogP contribution in [0.4, 0.5) is 5.69 Å². The lowest BCUT2D eigenvalue weighted by atomic mass is 10.0. The van der Waals surface area contributed by atoms with Crippen molar-refractivity contribution in [1.29, 1.82) is 0 Å². The Balaban J connectivity index is 1.96. The third-order valence-corrected chi connectivity index (χ3v) is 7.66. The monoisotopic (exact) mass is 526 g/mol. The first-order chi connectivity index (χ1) is 17.7. The topological polar surface area (TPSA) is 94.2 Å². The lowest BCUT2D eigenvalue weighted by molar-refractivity contribution is -0.120. The maximum atomic E-state index is 13.8. The second-order valence-electron chi connectivity index (χ2n) is 8.39. The predicted molar refractivity (Wildman–Crippen MR) is 144 cm³/mol. The molecule has 0 aliphatic rings. The quantitative estimate of drug-likeness (QED) is 0.362. The third kappa shape index (κ3) is 6.74. The summed E-state index contributed by atoms with van der Waals surface area (Å²) in [6, 6.07) is 18.6. The number of carbonyl (C=O) groups excluding carboxylic acids is 1. The zero-order valence-corrected chi connectivity index (χ0v) is 22.7. The summed E-state index contributed by atoms with van der Waals surface area (Å²) in [4.78, 5) is 13.2. The fourth-order valence-corrected chi connectivity index (χ4v) is 5.32. The molecular formula is C28H34N2O6S. The number of amides is 1. The van der Waals surface area contributed by atoms with Crippen LogP contribution < -0.4 is 23.8 Å². The van der Waals surface area contributed by atoms with Crippen molar-refractivity contribution in [3.63, 3.8) is 0 Å². The average molecular weight is 527 g/mol. The van der Waals surface area contributed by atoms with Crippen molar-refractivity contribution in [2.45, 2.75) is 38.1 Å². The van der Waals surface area contributed by atoms with Gasteiger partial charge in [0.15, 0.2) is 11.5 Å². The van der Waals surface area contributed by atoms with Crippen molar-refractivity contribution in [2.75, 3.05) is 31.7 Å². The summed E-state index contributed by atoms with van der Waals surface area (Å²) < 4.78 is 44.8. The molecule has 3 aromatic carbocycles. The molecule has 0 aromatic heterocycles. The number of methoxy groups -OCH3 is 2. The molecule has 198 valence electrons. The number of aryl methyl sites for hydroxylation is 1. The van der Waals surface area contributed by atoms with Gasteiger partial charge in [-0.1, -0.05) is 36.8 Å². The zero-order chi connectivity index (χ0) is 27.0. The van der Waals surface area contributed by atoms with Gasteiger partial charge in [0.05, 0.1) is 37.5 Å². The molecule has 0 saturated carbocycles. The summed E-state index contributed by atoms with van der Waals surface area (Å²) in [5, 5.41) is 2.98. The number of ether oxygens (including phenoxy) is 3. The molecule has 37 heavy (non-hydrogen) atoms.